The molecule has 1 unspecified atom stereocenters. The van der Waals surface area contributed by atoms with E-state index in [1.54, 1.807) is 12.4 Å². The lowest BCUT2D eigenvalue weighted by atomic mass is 10.0. The van der Waals surface area contributed by atoms with Crippen LogP contribution in [0.25, 0.3) is 0 Å². The third-order valence-electron chi connectivity index (χ3n) is 2.26. The number of nitrogens with two attached hydrogens (primary N) is 1. The van der Waals surface area contributed by atoms with Gasteiger partial charge in [0.1, 0.15) is 6.33 Å². The molecule has 0 aliphatic heterocycles. The van der Waals surface area contributed by atoms with Gasteiger partial charge in [-0.2, -0.15) is 0 Å². The molecule has 0 saturated carbocycles. The zero-order valence-corrected chi connectivity index (χ0v) is 10.6. The fourth-order valence-corrected chi connectivity index (χ4v) is 2.10. The highest BCUT2D eigenvalue weighted by Crippen LogP contribution is 2.21. The largest absolute Gasteiger partial charge is 0.271 e. The molecule has 0 aliphatic rings. The van der Waals surface area contributed by atoms with E-state index in [4.69, 9.17) is 5.84 Å². The first-order valence-corrected chi connectivity index (χ1v) is 5.85. The number of hydrazine groups is 1. The molecule has 2 aromatic rings. The maximum atomic E-state index is 5.58. The molecular weight excluding hydrogens is 315 g/mol. The summed E-state index contributed by atoms with van der Waals surface area (Å²) in [5.41, 5.74) is 4.83. The maximum absolute atomic E-state index is 5.58. The van der Waals surface area contributed by atoms with Gasteiger partial charge in [-0.25, -0.2) is 15.4 Å². The van der Waals surface area contributed by atoms with Crippen LogP contribution in [0.3, 0.4) is 0 Å². The average Bonchev–Trinajstić information content (AvgIpc) is 2.31. The van der Waals surface area contributed by atoms with E-state index >= 15 is 0 Å². The second-order valence-corrected chi connectivity index (χ2v) is 4.57. The lowest BCUT2D eigenvalue weighted by Crippen LogP contribution is -2.29. The van der Waals surface area contributed by atoms with Gasteiger partial charge in [-0.15, -0.1) is 0 Å². The Balaban J connectivity index is 2.37. The molecule has 82 valence electrons. The van der Waals surface area contributed by atoms with Gasteiger partial charge in [0.05, 0.1) is 6.04 Å². The van der Waals surface area contributed by atoms with Crippen LogP contribution in [-0.2, 0) is 0 Å². The summed E-state index contributed by atoms with van der Waals surface area (Å²) < 4.78 is 1.17. The highest BCUT2D eigenvalue weighted by Gasteiger charge is 2.12. The zero-order valence-electron chi connectivity index (χ0n) is 8.47. The summed E-state index contributed by atoms with van der Waals surface area (Å²) in [7, 11) is 0. The van der Waals surface area contributed by atoms with Crippen molar-refractivity contribution >= 4 is 22.6 Å². The fraction of sp³-hybridized carbons (Fsp3) is 0.0909. The molecule has 16 heavy (non-hydrogen) atoms. The molecule has 0 bridgehead atoms. The van der Waals surface area contributed by atoms with Crippen LogP contribution in [0.4, 0.5) is 0 Å². The molecule has 0 fully saturated rings. The molecule has 3 N–H and O–H groups in total. The van der Waals surface area contributed by atoms with Gasteiger partial charge in [0.25, 0.3) is 0 Å². The first kappa shape index (κ1) is 11.4. The Bertz CT molecular complexity index is 461. The van der Waals surface area contributed by atoms with Crippen LogP contribution >= 0.6 is 22.6 Å². The highest BCUT2D eigenvalue weighted by atomic mass is 127. The van der Waals surface area contributed by atoms with E-state index in [-0.39, 0.29) is 6.04 Å². The highest BCUT2D eigenvalue weighted by molar-refractivity contribution is 14.1. The van der Waals surface area contributed by atoms with Crippen LogP contribution in [-0.4, -0.2) is 9.97 Å². The topological polar surface area (TPSA) is 63.8 Å². The Morgan fingerprint density at radius 2 is 1.94 bits per heavy atom. The second-order valence-electron chi connectivity index (χ2n) is 3.33. The molecule has 1 aromatic heterocycles. The van der Waals surface area contributed by atoms with E-state index in [0.29, 0.717) is 0 Å². The van der Waals surface area contributed by atoms with Crippen LogP contribution in [0.1, 0.15) is 17.2 Å². The molecule has 0 spiro atoms. The minimum absolute atomic E-state index is 0.0732. The number of nitrogens with zero attached hydrogens (tertiary/aromatic N) is 2. The fourth-order valence-electron chi connectivity index (χ4n) is 1.53. The lowest BCUT2D eigenvalue weighted by molar-refractivity contribution is 0.631. The summed E-state index contributed by atoms with van der Waals surface area (Å²) in [6, 6.07) is 8.08. The van der Waals surface area contributed by atoms with Crippen molar-refractivity contribution in [3.05, 3.63) is 57.7 Å². The van der Waals surface area contributed by atoms with Crippen molar-refractivity contribution < 1.29 is 0 Å². The molecule has 4 nitrogen and oxygen atoms in total. The Hall–Kier alpha value is -1.05. The number of nitrogens with one attached hydrogen (secondary N) is 1. The molecule has 0 amide bonds. The van der Waals surface area contributed by atoms with E-state index < -0.39 is 0 Å². The Morgan fingerprint density at radius 1 is 1.19 bits per heavy atom. The number of benzene rings is 1. The molecule has 1 aromatic carbocycles. The van der Waals surface area contributed by atoms with Crippen LogP contribution in [0.5, 0.6) is 0 Å². The van der Waals surface area contributed by atoms with Gasteiger partial charge in [0, 0.05) is 21.5 Å². The van der Waals surface area contributed by atoms with E-state index in [0.717, 1.165) is 11.1 Å². The number of halogens is 1. The molecular formula is C11H11IN4. The molecule has 2 rings (SSSR count). The monoisotopic (exact) mass is 326 g/mol. The molecule has 5 heteroatoms. The number of aromatic nitrogens is 2. The van der Waals surface area contributed by atoms with Crippen molar-refractivity contribution in [3.8, 4) is 0 Å². The quantitative estimate of drug-likeness (QED) is 0.511. The van der Waals surface area contributed by atoms with Gasteiger partial charge in [0.2, 0.25) is 0 Å². The second kappa shape index (κ2) is 5.33. The van der Waals surface area contributed by atoms with Crippen molar-refractivity contribution in [1.82, 2.24) is 15.4 Å². The Kier molecular flexibility index (Phi) is 3.81. The third kappa shape index (κ3) is 2.55. The van der Waals surface area contributed by atoms with Crippen molar-refractivity contribution in [3.63, 3.8) is 0 Å². The van der Waals surface area contributed by atoms with Crippen molar-refractivity contribution in [2.75, 3.05) is 0 Å². The predicted molar refractivity (Wildman–Crippen MR) is 70.4 cm³/mol. The number of rotatable bonds is 3. The van der Waals surface area contributed by atoms with Crippen molar-refractivity contribution in [1.29, 1.82) is 0 Å². The predicted octanol–water partition coefficient (Wildman–Crippen LogP) is 1.63. The Labute approximate surface area is 107 Å². The molecule has 1 atom stereocenters. The van der Waals surface area contributed by atoms with Crippen molar-refractivity contribution in [2.45, 2.75) is 6.04 Å². The summed E-state index contributed by atoms with van der Waals surface area (Å²) in [5.74, 6) is 5.58. The molecule has 0 radical (unpaired) electrons. The number of hydrogen-bond acceptors (Lipinski definition) is 4. The van der Waals surface area contributed by atoms with Gasteiger partial charge in [0.15, 0.2) is 0 Å². The maximum Gasteiger partial charge on any atom is 0.115 e. The number of hydrogen-bond donors (Lipinski definition) is 2. The van der Waals surface area contributed by atoms with Crippen LogP contribution < -0.4 is 11.3 Å². The standard InChI is InChI=1S/C11H11IN4/c12-10-3-1-2-8(4-10)11(16-13)9-5-14-7-15-6-9/h1-7,11,16H,13H2. The van der Waals surface area contributed by atoms with Crippen molar-refractivity contribution in [2.24, 2.45) is 5.84 Å². The molecule has 0 aliphatic carbocycles. The SMILES string of the molecule is NNC(c1cncnc1)c1cccc(I)c1. The summed E-state index contributed by atoms with van der Waals surface area (Å²) in [6.07, 6.45) is 5.03. The first-order valence-electron chi connectivity index (χ1n) is 4.78. The van der Waals surface area contributed by atoms with Crippen LogP contribution in [0.2, 0.25) is 0 Å². The van der Waals surface area contributed by atoms with Gasteiger partial charge in [-0.3, -0.25) is 5.84 Å². The van der Waals surface area contributed by atoms with E-state index in [1.807, 2.05) is 18.2 Å². The van der Waals surface area contributed by atoms with Gasteiger partial charge in [-0.1, -0.05) is 12.1 Å². The zero-order chi connectivity index (χ0) is 11.4. The van der Waals surface area contributed by atoms with Gasteiger partial charge in [-0.05, 0) is 40.3 Å². The van der Waals surface area contributed by atoms with E-state index in [1.165, 1.54) is 9.90 Å². The molecule has 0 saturated heterocycles. The summed E-state index contributed by atoms with van der Waals surface area (Å²) >= 11 is 2.27. The van der Waals surface area contributed by atoms with Gasteiger partial charge >= 0.3 is 0 Å². The minimum atomic E-state index is -0.0732. The summed E-state index contributed by atoms with van der Waals surface area (Å²) in [6.45, 7) is 0. The summed E-state index contributed by atoms with van der Waals surface area (Å²) in [5, 5.41) is 0. The lowest BCUT2D eigenvalue weighted by Gasteiger charge is -2.16. The first-order chi connectivity index (χ1) is 7.81. The minimum Gasteiger partial charge on any atom is -0.271 e. The van der Waals surface area contributed by atoms with E-state index in [2.05, 4.69) is 44.1 Å². The van der Waals surface area contributed by atoms with Crippen LogP contribution in [0.15, 0.2) is 43.0 Å². The van der Waals surface area contributed by atoms with Crippen LogP contribution in [0, 0.1) is 3.57 Å². The van der Waals surface area contributed by atoms with Gasteiger partial charge < -0.3 is 0 Å². The normalized spacial score (nSPS) is 12.4. The third-order valence-corrected chi connectivity index (χ3v) is 2.93. The van der Waals surface area contributed by atoms with E-state index in [9.17, 15) is 0 Å². The Morgan fingerprint density at radius 3 is 2.56 bits per heavy atom. The molecule has 1 heterocycles. The smallest absolute Gasteiger partial charge is 0.115 e. The summed E-state index contributed by atoms with van der Waals surface area (Å²) in [4.78, 5) is 7.99. The average molecular weight is 326 g/mol.